The van der Waals surface area contributed by atoms with E-state index in [0.717, 1.165) is 34.2 Å². The Morgan fingerprint density at radius 2 is 1.88 bits per heavy atom. The molecule has 5 nitrogen and oxygen atoms in total. The summed E-state index contributed by atoms with van der Waals surface area (Å²) in [5.41, 5.74) is 2.80. The first-order valence-electron chi connectivity index (χ1n) is 9.12. The van der Waals surface area contributed by atoms with Crippen LogP contribution in [0.2, 0.25) is 5.02 Å². The molecule has 0 radical (unpaired) electrons. The van der Waals surface area contributed by atoms with Crippen LogP contribution >= 0.6 is 11.6 Å². The summed E-state index contributed by atoms with van der Waals surface area (Å²) in [7, 11) is 0. The minimum Gasteiger partial charge on any atom is -0.454 e. The van der Waals surface area contributed by atoms with E-state index >= 15 is 0 Å². The molecule has 3 heterocycles. The standard InChI is InChI=1S/C20H20ClN3O2/c21-14-7-9-18-23-19(13-6-8-16-17(10-13)26-12-25-16)20(24(18)11-14)22-15-4-2-1-3-5-15/h6-11,15,22H,1-5,12H2. The summed E-state index contributed by atoms with van der Waals surface area (Å²) in [5.74, 6) is 2.54. The van der Waals surface area contributed by atoms with Gasteiger partial charge in [0, 0.05) is 17.8 Å². The maximum atomic E-state index is 6.25. The number of hydrogen-bond acceptors (Lipinski definition) is 4. The molecular weight excluding hydrogens is 350 g/mol. The topological polar surface area (TPSA) is 47.8 Å². The zero-order chi connectivity index (χ0) is 17.5. The third kappa shape index (κ3) is 2.76. The zero-order valence-electron chi connectivity index (χ0n) is 14.4. The SMILES string of the molecule is Clc1ccc2nc(-c3ccc4c(c3)OCO4)c(NC3CCCCC3)n2c1. The summed E-state index contributed by atoms with van der Waals surface area (Å²) in [4.78, 5) is 4.86. The summed E-state index contributed by atoms with van der Waals surface area (Å²) in [5, 5.41) is 4.43. The van der Waals surface area contributed by atoms with Crippen LogP contribution in [-0.2, 0) is 0 Å². The largest absolute Gasteiger partial charge is 0.454 e. The summed E-state index contributed by atoms with van der Waals surface area (Å²) >= 11 is 6.25. The summed E-state index contributed by atoms with van der Waals surface area (Å²) in [6.07, 6.45) is 8.17. The average Bonchev–Trinajstić information content (AvgIpc) is 3.27. The van der Waals surface area contributed by atoms with Crippen LogP contribution in [0.3, 0.4) is 0 Å². The molecule has 1 aromatic carbocycles. The number of hydrogen-bond donors (Lipinski definition) is 1. The third-order valence-corrected chi connectivity index (χ3v) is 5.40. The quantitative estimate of drug-likeness (QED) is 0.695. The molecule has 1 saturated carbocycles. The van der Waals surface area contributed by atoms with Crippen molar-refractivity contribution < 1.29 is 9.47 Å². The van der Waals surface area contributed by atoms with E-state index in [1.807, 2.05) is 36.5 Å². The molecule has 2 aliphatic rings. The Kier molecular flexibility index (Phi) is 3.89. The van der Waals surface area contributed by atoms with E-state index < -0.39 is 0 Å². The van der Waals surface area contributed by atoms with Crippen molar-refractivity contribution >= 4 is 23.1 Å². The van der Waals surface area contributed by atoms with Crippen molar-refractivity contribution in [2.45, 2.75) is 38.1 Å². The number of ether oxygens (including phenoxy) is 2. The Bertz CT molecular complexity index is 963. The van der Waals surface area contributed by atoms with Gasteiger partial charge < -0.3 is 14.8 Å². The highest BCUT2D eigenvalue weighted by molar-refractivity contribution is 6.30. The second kappa shape index (κ2) is 6.40. The monoisotopic (exact) mass is 369 g/mol. The van der Waals surface area contributed by atoms with Crippen molar-refractivity contribution in [1.82, 2.24) is 9.38 Å². The number of nitrogens with zero attached hydrogens (tertiary/aromatic N) is 2. The molecule has 5 rings (SSSR count). The Hall–Kier alpha value is -2.40. The summed E-state index contributed by atoms with van der Waals surface area (Å²) in [6.45, 7) is 0.271. The van der Waals surface area contributed by atoms with E-state index in [9.17, 15) is 0 Å². The van der Waals surface area contributed by atoms with Crippen molar-refractivity contribution in [1.29, 1.82) is 0 Å². The van der Waals surface area contributed by atoms with E-state index in [1.54, 1.807) is 0 Å². The lowest BCUT2D eigenvalue weighted by Gasteiger charge is -2.24. The smallest absolute Gasteiger partial charge is 0.231 e. The van der Waals surface area contributed by atoms with Gasteiger partial charge in [0.1, 0.15) is 17.2 Å². The van der Waals surface area contributed by atoms with Gasteiger partial charge in [-0.25, -0.2) is 4.98 Å². The third-order valence-electron chi connectivity index (χ3n) is 5.17. The fourth-order valence-electron chi connectivity index (χ4n) is 3.84. The lowest BCUT2D eigenvalue weighted by atomic mass is 9.95. The Labute approximate surface area is 156 Å². The molecule has 134 valence electrons. The molecule has 2 aromatic heterocycles. The molecule has 0 atom stereocenters. The number of halogens is 1. The van der Waals surface area contributed by atoms with Crippen LogP contribution in [0.5, 0.6) is 11.5 Å². The van der Waals surface area contributed by atoms with E-state index in [0.29, 0.717) is 11.1 Å². The minimum atomic E-state index is 0.271. The number of pyridine rings is 1. The van der Waals surface area contributed by atoms with Gasteiger partial charge in [0.15, 0.2) is 11.5 Å². The van der Waals surface area contributed by atoms with Crippen LogP contribution in [0, 0.1) is 0 Å². The molecule has 0 bridgehead atoms. The maximum Gasteiger partial charge on any atom is 0.231 e. The molecule has 1 aliphatic heterocycles. The van der Waals surface area contributed by atoms with Gasteiger partial charge in [-0.1, -0.05) is 30.9 Å². The molecule has 0 spiro atoms. The van der Waals surface area contributed by atoms with E-state index in [-0.39, 0.29) is 6.79 Å². The number of aromatic nitrogens is 2. The first-order chi connectivity index (χ1) is 12.8. The fraction of sp³-hybridized carbons (Fsp3) is 0.350. The molecule has 0 amide bonds. The molecule has 0 unspecified atom stereocenters. The predicted octanol–water partition coefficient (Wildman–Crippen LogP) is 5.13. The van der Waals surface area contributed by atoms with Crippen molar-refractivity contribution in [3.05, 3.63) is 41.6 Å². The van der Waals surface area contributed by atoms with Crippen LogP contribution in [0.1, 0.15) is 32.1 Å². The number of anilines is 1. The molecule has 1 N–H and O–H groups in total. The summed E-state index contributed by atoms with van der Waals surface area (Å²) in [6, 6.07) is 10.3. The first-order valence-corrected chi connectivity index (χ1v) is 9.50. The van der Waals surface area contributed by atoms with E-state index in [4.69, 9.17) is 26.1 Å². The van der Waals surface area contributed by atoms with Crippen LogP contribution in [-0.4, -0.2) is 22.2 Å². The summed E-state index contributed by atoms with van der Waals surface area (Å²) < 4.78 is 13.0. The van der Waals surface area contributed by atoms with Crippen LogP contribution < -0.4 is 14.8 Å². The number of rotatable bonds is 3. The van der Waals surface area contributed by atoms with Crippen molar-refractivity contribution in [3.63, 3.8) is 0 Å². The van der Waals surface area contributed by atoms with Gasteiger partial charge in [0.05, 0.1) is 5.02 Å². The van der Waals surface area contributed by atoms with Gasteiger partial charge in [0.2, 0.25) is 6.79 Å². The van der Waals surface area contributed by atoms with Crippen molar-refractivity contribution in [2.24, 2.45) is 0 Å². The van der Waals surface area contributed by atoms with Gasteiger partial charge in [0.25, 0.3) is 0 Å². The first kappa shape index (κ1) is 15.8. The van der Waals surface area contributed by atoms with Crippen molar-refractivity contribution in [2.75, 3.05) is 12.1 Å². The zero-order valence-corrected chi connectivity index (χ0v) is 15.1. The number of fused-ring (bicyclic) bond motifs is 2. The van der Waals surface area contributed by atoms with Crippen LogP contribution in [0.4, 0.5) is 5.82 Å². The molecule has 6 heteroatoms. The van der Waals surface area contributed by atoms with Gasteiger partial charge in [-0.2, -0.15) is 0 Å². The molecule has 26 heavy (non-hydrogen) atoms. The van der Waals surface area contributed by atoms with Gasteiger partial charge >= 0.3 is 0 Å². The minimum absolute atomic E-state index is 0.271. The predicted molar refractivity (Wildman–Crippen MR) is 102 cm³/mol. The van der Waals surface area contributed by atoms with Gasteiger partial charge in [-0.15, -0.1) is 0 Å². The normalized spacial score (nSPS) is 17.0. The molecule has 0 saturated heterocycles. The van der Waals surface area contributed by atoms with Gasteiger partial charge in [-0.3, -0.25) is 4.40 Å². The molecule has 1 aliphatic carbocycles. The molecule has 3 aromatic rings. The molecular formula is C20H20ClN3O2. The van der Waals surface area contributed by atoms with E-state index in [1.165, 1.54) is 32.1 Å². The average molecular weight is 370 g/mol. The lowest BCUT2D eigenvalue weighted by molar-refractivity contribution is 0.174. The van der Waals surface area contributed by atoms with Crippen LogP contribution in [0.25, 0.3) is 16.9 Å². The maximum absolute atomic E-state index is 6.25. The van der Waals surface area contributed by atoms with Gasteiger partial charge in [-0.05, 0) is 43.2 Å². The highest BCUT2D eigenvalue weighted by Gasteiger charge is 2.22. The number of nitrogens with one attached hydrogen (secondary N) is 1. The fourth-order valence-corrected chi connectivity index (χ4v) is 4.00. The van der Waals surface area contributed by atoms with E-state index in [2.05, 4.69) is 9.72 Å². The Morgan fingerprint density at radius 3 is 2.77 bits per heavy atom. The second-order valence-electron chi connectivity index (χ2n) is 6.93. The second-order valence-corrected chi connectivity index (χ2v) is 7.37. The molecule has 1 fully saturated rings. The number of benzene rings is 1. The lowest BCUT2D eigenvalue weighted by Crippen LogP contribution is -2.23. The highest BCUT2D eigenvalue weighted by atomic mass is 35.5. The van der Waals surface area contributed by atoms with Crippen LogP contribution in [0.15, 0.2) is 36.5 Å². The Balaban J connectivity index is 1.62. The van der Waals surface area contributed by atoms with Crippen molar-refractivity contribution in [3.8, 4) is 22.8 Å². The number of imidazole rings is 1. The Morgan fingerprint density at radius 1 is 1.04 bits per heavy atom. The highest BCUT2D eigenvalue weighted by Crippen LogP contribution is 2.38.